The number of halogens is 9. The van der Waals surface area contributed by atoms with E-state index in [-0.39, 0.29) is 0 Å². The van der Waals surface area contributed by atoms with Crippen molar-refractivity contribution in [2.24, 2.45) is 0 Å². The zero-order chi connectivity index (χ0) is 39.4. The third-order valence-electron chi connectivity index (χ3n) is 8.08. The second-order valence-corrected chi connectivity index (χ2v) is 15.3. The van der Waals surface area contributed by atoms with Crippen LogP contribution in [0.5, 0.6) is 0 Å². The molecule has 14 heteroatoms. The molecule has 0 amide bonds. The number of benzene rings is 6. The molecule has 0 unspecified atom stereocenters. The maximum Gasteiger partial charge on any atom is 0.460 e. The van der Waals surface area contributed by atoms with Crippen LogP contribution in [-0.4, -0.2) is 36.2 Å². The summed E-state index contributed by atoms with van der Waals surface area (Å²) in [6.45, 7) is 0. The Morgan fingerprint density at radius 1 is 0.426 bits per heavy atom. The highest BCUT2D eigenvalue weighted by Gasteiger charge is 2.85. The van der Waals surface area contributed by atoms with Gasteiger partial charge in [-0.05, 0) is 64.0 Å². The van der Waals surface area contributed by atoms with Gasteiger partial charge in [0.05, 0.1) is 0 Å². The molecule has 6 aromatic carbocycles. The Morgan fingerprint density at radius 3 is 1.06 bits per heavy atom. The van der Waals surface area contributed by atoms with Crippen molar-refractivity contribution < 1.29 is 52.5 Å². The van der Waals surface area contributed by atoms with Gasteiger partial charge in [0.15, 0.2) is 0 Å². The molecule has 280 valence electrons. The summed E-state index contributed by atoms with van der Waals surface area (Å²) in [6, 6.07) is 59.3. The van der Waals surface area contributed by atoms with E-state index >= 15 is 0 Å². The van der Waals surface area contributed by atoms with E-state index < -0.39 is 41.3 Å². The molecule has 0 fully saturated rings. The largest absolute Gasteiger partial charge is 0.460 e. The SMILES string of the molecule is O=S(=O)(O)C(F)(F)C(F)(F)C(F)(F)C(F)(F)F.c1ccc(-c2cc(-c3ccccc3)c(P(c3ccccc3)c3ccccc3)c(-c3ccccc3)c2)cc1. The lowest BCUT2D eigenvalue weighted by Crippen LogP contribution is -2.63. The third kappa shape index (κ3) is 8.08. The van der Waals surface area contributed by atoms with E-state index in [0.717, 1.165) is 0 Å². The minimum absolute atomic E-state index is 0.816. The van der Waals surface area contributed by atoms with E-state index in [2.05, 4.69) is 164 Å². The fourth-order valence-electron chi connectivity index (χ4n) is 5.43. The van der Waals surface area contributed by atoms with E-state index in [1.807, 2.05) is 0 Å². The van der Waals surface area contributed by atoms with Crippen LogP contribution in [0, 0.1) is 0 Å². The topological polar surface area (TPSA) is 54.4 Å². The Hall–Kier alpha value is -4.97. The van der Waals surface area contributed by atoms with Crippen molar-refractivity contribution in [3.8, 4) is 33.4 Å². The van der Waals surface area contributed by atoms with Crippen LogP contribution in [0.4, 0.5) is 39.5 Å². The first-order valence-corrected chi connectivity index (χ1v) is 18.6. The van der Waals surface area contributed by atoms with Crippen molar-refractivity contribution in [2.45, 2.75) is 23.3 Å². The van der Waals surface area contributed by atoms with Crippen molar-refractivity contribution in [2.75, 3.05) is 0 Å². The van der Waals surface area contributed by atoms with Gasteiger partial charge in [0, 0.05) is 5.30 Å². The van der Waals surface area contributed by atoms with Gasteiger partial charge in [0.1, 0.15) is 0 Å². The molecule has 1 N–H and O–H groups in total. The molecule has 6 aromatic rings. The molecule has 0 saturated heterocycles. The van der Waals surface area contributed by atoms with Crippen molar-refractivity contribution in [1.82, 2.24) is 0 Å². The molecule has 0 aliphatic carbocycles. The highest BCUT2D eigenvalue weighted by molar-refractivity contribution is 7.87. The Labute approximate surface area is 306 Å². The zero-order valence-electron chi connectivity index (χ0n) is 27.6. The van der Waals surface area contributed by atoms with Crippen molar-refractivity contribution in [3.05, 3.63) is 164 Å². The second-order valence-electron chi connectivity index (χ2n) is 11.7. The minimum atomic E-state index is -7.37. The Kier molecular flexibility index (Phi) is 11.8. The minimum Gasteiger partial charge on any atom is -0.281 e. The van der Waals surface area contributed by atoms with Gasteiger partial charge in [-0.25, -0.2) is 0 Å². The monoisotopic (exact) mass is 790 g/mol. The van der Waals surface area contributed by atoms with Crippen molar-refractivity contribution in [3.63, 3.8) is 0 Å². The molecule has 0 heterocycles. The smallest absolute Gasteiger partial charge is 0.281 e. The molecule has 0 aromatic heterocycles. The summed E-state index contributed by atoms with van der Waals surface area (Å²) < 4.78 is 134. The van der Waals surface area contributed by atoms with Crippen LogP contribution in [0.1, 0.15) is 0 Å². The Morgan fingerprint density at radius 2 is 0.741 bits per heavy atom. The predicted molar refractivity (Wildman–Crippen MR) is 194 cm³/mol. The summed E-state index contributed by atoms with van der Waals surface area (Å²) in [5, 5.41) is -2.90. The molecule has 54 heavy (non-hydrogen) atoms. The van der Waals surface area contributed by atoms with E-state index in [0.29, 0.717) is 0 Å². The number of hydrogen-bond acceptors (Lipinski definition) is 2. The molecule has 0 bridgehead atoms. The lowest BCUT2D eigenvalue weighted by molar-refractivity contribution is -0.382. The van der Waals surface area contributed by atoms with Crippen LogP contribution >= 0.6 is 7.92 Å². The van der Waals surface area contributed by atoms with Crippen LogP contribution in [0.15, 0.2) is 164 Å². The first-order chi connectivity index (χ1) is 25.4. The van der Waals surface area contributed by atoms with E-state index in [4.69, 9.17) is 4.55 Å². The first kappa shape index (κ1) is 40.2. The Bertz CT molecular complexity index is 2160. The quantitative estimate of drug-likeness (QED) is 0.0902. The van der Waals surface area contributed by atoms with Crippen LogP contribution in [0.3, 0.4) is 0 Å². The van der Waals surface area contributed by atoms with Crippen LogP contribution in [0.2, 0.25) is 0 Å². The summed E-state index contributed by atoms with van der Waals surface area (Å²) in [7, 11) is -7.98. The highest BCUT2D eigenvalue weighted by Crippen LogP contribution is 2.54. The molecule has 0 atom stereocenters. The number of alkyl halides is 9. The summed E-state index contributed by atoms with van der Waals surface area (Å²) >= 11 is 0. The fourth-order valence-corrected chi connectivity index (χ4v) is 8.51. The first-order valence-electron chi connectivity index (χ1n) is 15.8. The van der Waals surface area contributed by atoms with Gasteiger partial charge >= 0.3 is 33.4 Å². The maximum absolute atomic E-state index is 12.2. The van der Waals surface area contributed by atoms with Gasteiger partial charge in [0.25, 0.3) is 0 Å². The van der Waals surface area contributed by atoms with Gasteiger partial charge in [-0.3, -0.25) is 4.55 Å². The predicted octanol–water partition coefficient (Wildman–Crippen LogP) is 10.7. The van der Waals surface area contributed by atoms with Gasteiger partial charge < -0.3 is 0 Å². The molecule has 0 spiro atoms. The molecular formula is C40H28F9O3PS. The van der Waals surface area contributed by atoms with Crippen molar-refractivity contribution in [1.29, 1.82) is 0 Å². The standard InChI is InChI=1S/C36H27P.C4HF9O3S/c1-6-16-28(17-7-1)31-26-34(29-18-8-2-9-19-29)36(35(27-31)30-20-10-3-11-21-30)37(32-22-12-4-13-23-32)33-24-14-5-15-25-33;5-1(6,3(9,10)11)2(7,8)4(12,13)17(14,15)16/h1-27H;(H,14,15,16). The lowest BCUT2D eigenvalue weighted by atomic mass is 9.93. The highest BCUT2D eigenvalue weighted by atomic mass is 32.2. The second kappa shape index (κ2) is 15.8. The van der Waals surface area contributed by atoms with Gasteiger partial charge in [-0.15, -0.1) is 0 Å². The summed E-state index contributed by atoms with van der Waals surface area (Å²) in [5.41, 5.74) is 7.53. The zero-order valence-corrected chi connectivity index (χ0v) is 29.3. The van der Waals surface area contributed by atoms with Crippen molar-refractivity contribution >= 4 is 34.0 Å². The molecule has 6 rings (SSSR count). The van der Waals surface area contributed by atoms with Gasteiger partial charge in [-0.2, -0.15) is 47.9 Å². The lowest BCUT2D eigenvalue weighted by Gasteiger charge is -2.31. The van der Waals surface area contributed by atoms with E-state index in [1.54, 1.807) is 0 Å². The average Bonchev–Trinajstić information content (AvgIpc) is 3.16. The van der Waals surface area contributed by atoms with Crippen LogP contribution in [-0.2, 0) is 10.1 Å². The summed E-state index contributed by atoms with van der Waals surface area (Å²) in [4.78, 5) is 0. The van der Waals surface area contributed by atoms with E-state index in [1.165, 1.54) is 49.3 Å². The Balaban J connectivity index is 0.000000281. The third-order valence-corrected chi connectivity index (χ3v) is 11.5. The normalized spacial score (nSPS) is 12.6. The molecular weight excluding hydrogens is 762 g/mol. The van der Waals surface area contributed by atoms with E-state index in [9.17, 15) is 47.9 Å². The van der Waals surface area contributed by atoms with Crippen LogP contribution in [0.25, 0.3) is 33.4 Å². The molecule has 0 radical (unpaired) electrons. The average molecular weight is 791 g/mol. The van der Waals surface area contributed by atoms with Gasteiger partial charge in [-0.1, -0.05) is 152 Å². The molecule has 0 aliphatic heterocycles. The molecule has 0 saturated carbocycles. The number of rotatable bonds is 9. The van der Waals surface area contributed by atoms with Gasteiger partial charge in [0.2, 0.25) is 0 Å². The number of hydrogen-bond donors (Lipinski definition) is 1. The molecule has 3 nitrogen and oxygen atoms in total. The fraction of sp³-hybridized carbons (Fsp3) is 0.100. The van der Waals surface area contributed by atoms with Crippen LogP contribution < -0.4 is 15.9 Å². The summed E-state index contributed by atoms with van der Waals surface area (Å²) in [6.07, 6.45) is -7.13. The maximum atomic E-state index is 12.2. The summed E-state index contributed by atoms with van der Waals surface area (Å²) in [5.74, 6) is -14.7. The molecule has 0 aliphatic rings.